The van der Waals surface area contributed by atoms with Crippen LogP contribution in [0.5, 0.6) is 0 Å². The summed E-state index contributed by atoms with van der Waals surface area (Å²) in [7, 11) is 0. The van der Waals surface area contributed by atoms with Gasteiger partial charge in [0.1, 0.15) is 66.5 Å². The number of fused-ring (bicyclic) bond motifs is 3. The summed E-state index contributed by atoms with van der Waals surface area (Å²) in [5.74, 6) is -16.8. The molecule has 7 rings (SSSR count). The number of para-hydroxylation sites is 2. The Morgan fingerprint density at radius 3 is 1.56 bits per heavy atom. The zero-order valence-corrected chi connectivity index (χ0v) is 63.8. The summed E-state index contributed by atoms with van der Waals surface area (Å²) >= 11 is 0.856. The Labute approximate surface area is 650 Å². The molecule has 0 spiro atoms. The fraction of sp³-hybridized carbons (Fsp3) is 0.461. The van der Waals surface area contributed by atoms with Gasteiger partial charge in [-0.25, -0.2) is 4.79 Å². The first-order chi connectivity index (χ1) is 53.5. The van der Waals surface area contributed by atoms with E-state index in [1.54, 1.807) is 101 Å². The Bertz CT molecular complexity index is 4360. The molecule has 1 aliphatic heterocycles. The largest absolute Gasteiger partial charge is 0.481 e. The summed E-state index contributed by atoms with van der Waals surface area (Å²) in [6.07, 6.45) is 2.96. The second-order valence-electron chi connectivity index (χ2n) is 27.9. The number of aliphatic hydroxyl groups excluding tert-OH is 1. The number of benzene rings is 4. The maximum atomic E-state index is 15.0. The van der Waals surface area contributed by atoms with E-state index in [-0.39, 0.29) is 57.2 Å². The molecule has 15 amide bonds. The highest BCUT2D eigenvalue weighted by Gasteiger charge is 2.39. The molecule has 3 heterocycles. The highest BCUT2D eigenvalue weighted by molar-refractivity contribution is 8.00. The van der Waals surface area contributed by atoms with E-state index in [1.165, 1.54) is 0 Å². The Kier molecular flexibility index (Phi) is 33.7. The number of aromatic amines is 2. The molecule has 4 aromatic carbocycles. The van der Waals surface area contributed by atoms with E-state index >= 15 is 14.4 Å². The van der Waals surface area contributed by atoms with Crippen molar-refractivity contribution < 1.29 is 82.1 Å². The van der Waals surface area contributed by atoms with E-state index in [0.29, 0.717) is 57.8 Å². The standard InChI is InChI=1S/C76H102N18O17S/c1-6-8-21-51-67(102)86-52(24-15-16-27-77)68(103)88-55(31-46-34-81-50-23-14-12-20-48(46)50)72(107)93-63(40(3)4)74(109)92-59(65(78)100)38-112-39-61(97)84-53(29-42-25-26-43-17-9-10-18-44(43)28-42)71(106)94-64(41(5)7-2)75(110)91-58(37-95)66(101)82-36-60(96)85-57(35-83-76(79)111)73(108)90-56(32-62(98)99)70(105)89-54(69(104)87-51)30-45-33-80-49-22-13-11-19-47(45)49/h9-14,17-20,22-23,25-26,28,33-34,40-41,51-59,63-64,80-81,95H,6-8,15-16,21,24,27,29-32,35-39,77H2,1-5H3,(H2,78,100)(H,82,101)(H,84,97)(H,85,96)(H,86,102)(H,87,104)(H,88,103)(H,89,105)(H,90,108)(H,91,110)(H,92,109)(H,93,107)(H,94,106)(H,98,99)(H3,79,83,111)/t41-,51-,52-,53-,54-,55-,56-,57-,58-,59-,63-,64-/m0/s1. The number of primary amides is 2. The number of urea groups is 1. The number of rotatable bonds is 22. The molecule has 36 heteroatoms. The lowest BCUT2D eigenvalue weighted by molar-refractivity contribution is -0.141. The number of aliphatic hydroxyl groups is 1. The SMILES string of the molecule is CCCC[C@@H]1NC(=O)[C@H](Cc2c[nH]c3ccccc23)NC(=O)[C@H](CC(=O)O)NC(=O)[C@H](CNC(N)=O)NC(=O)CNC(=O)[C@H](CO)NC(=O)[C@H]([C@@H](C)CC)NC(=O)[C@H](Cc2ccc3ccccc3c2)NC(=O)CSC[C@@H](C(N)=O)NC(=O)[C@H](C(C)C)NC(=O)[C@H](Cc2c[nH]c3ccccc23)NC(=O)[C@H](CCCCN)NC1=O. The number of amides is 15. The average molecular weight is 1570 g/mol. The molecule has 112 heavy (non-hydrogen) atoms. The van der Waals surface area contributed by atoms with Crippen molar-refractivity contribution in [3.63, 3.8) is 0 Å². The summed E-state index contributed by atoms with van der Waals surface area (Å²) in [6, 6.07) is 8.03. The molecule has 2 aromatic heterocycles. The van der Waals surface area contributed by atoms with Crippen LogP contribution in [0.1, 0.15) is 103 Å². The number of hydrogen-bond acceptors (Lipinski definition) is 18. The van der Waals surface area contributed by atoms with Gasteiger partial charge in [-0.05, 0) is 83.7 Å². The van der Waals surface area contributed by atoms with E-state index in [9.17, 15) is 67.7 Å². The molecule has 6 aromatic rings. The molecule has 12 atom stereocenters. The Morgan fingerprint density at radius 1 is 0.518 bits per heavy atom. The van der Waals surface area contributed by atoms with Gasteiger partial charge in [0.25, 0.3) is 0 Å². The van der Waals surface area contributed by atoms with Crippen molar-refractivity contribution in [1.29, 1.82) is 0 Å². The summed E-state index contributed by atoms with van der Waals surface area (Å²) in [6.45, 7) is 5.67. The second kappa shape index (κ2) is 43.1. The highest BCUT2D eigenvalue weighted by Crippen LogP contribution is 2.23. The Hall–Kier alpha value is -11.7. The van der Waals surface area contributed by atoms with Crippen molar-refractivity contribution in [3.8, 4) is 0 Å². The first-order valence-corrected chi connectivity index (χ1v) is 38.3. The molecule has 0 unspecified atom stereocenters. The van der Waals surface area contributed by atoms with E-state index in [4.69, 9.17) is 17.2 Å². The molecule has 0 bridgehead atoms. The van der Waals surface area contributed by atoms with Crippen LogP contribution in [-0.4, -0.2) is 213 Å². The minimum Gasteiger partial charge on any atom is -0.481 e. The number of nitrogens with one attached hydrogen (secondary N) is 15. The Balaban J connectivity index is 1.26. The van der Waals surface area contributed by atoms with Crippen LogP contribution in [0, 0.1) is 11.8 Å². The third kappa shape index (κ3) is 26.0. The molecule has 1 saturated heterocycles. The van der Waals surface area contributed by atoms with Crippen LogP contribution in [0.2, 0.25) is 0 Å². The predicted octanol–water partition coefficient (Wildman–Crippen LogP) is -1.33. The van der Waals surface area contributed by atoms with Crippen molar-refractivity contribution in [3.05, 3.63) is 120 Å². The molecule has 0 aliphatic carbocycles. The number of nitrogens with two attached hydrogens (primary N) is 3. The van der Waals surface area contributed by atoms with Gasteiger partial charge in [0.2, 0.25) is 76.8 Å². The number of thioether (sulfide) groups is 1. The van der Waals surface area contributed by atoms with Crippen LogP contribution in [-0.2, 0) is 86.4 Å². The minimum atomic E-state index is -2.06. The molecule has 23 N–H and O–H groups in total. The van der Waals surface area contributed by atoms with E-state index in [2.05, 4.69) is 79.1 Å². The maximum Gasteiger partial charge on any atom is 0.312 e. The molecule has 1 aliphatic rings. The number of carbonyl (C=O) groups is 15. The van der Waals surface area contributed by atoms with Crippen molar-refractivity contribution in [2.24, 2.45) is 29.0 Å². The van der Waals surface area contributed by atoms with Crippen LogP contribution < -0.4 is 86.3 Å². The summed E-state index contributed by atoms with van der Waals surface area (Å²) in [4.78, 5) is 218. The van der Waals surface area contributed by atoms with Gasteiger partial charge in [-0.15, -0.1) is 11.8 Å². The minimum absolute atomic E-state index is 0.0489. The third-order valence-electron chi connectivity index (χ3n) is 19.0. The molecule has 0 radical (unpaired) electrons. The number of carbonyl (C=O) groups excluding carboxylic acids is 14. The van der Waals surface area contributed by atoms with E-state index in [0.717, 1.165) is 22.5 Å². The van der Waals surface area contributed by atoms with Crippen molar-refractivity contribution in [2.75, 3.05) is 37.7 Å². The number of H-pyrrole nitrogens is 2. The van der Waals surface area contributed by atoms with Crippen LogP contribution in [0.15, 0.2) is 103 Å². The zero-order chi connectivity index (χ0) is 81.7. The smallest absolute Gasteiger partial charge is 0.312 e. The second-order valence-corrected chi connectivity index (χ2v) is 28.9. The van der Waals surface area contributed by atoms with Crippen LogP contribution in [0.4, 0.5) is 4.79 Å². The van der Waals surface area contributed by atoms with Crippen LogP contribution >= 0.6 is 11.8 Å². The van der Waals surface area contributed by atoms with Gasteiger partial charge in [-0.3, -0.25) is 67.1 Å². The van der Waals surface area contributed by atoms with Crippen molar-refractivity contribution in [2.45, 2.75) is 172 Å². The number of hydrogen-bond donors (Lipinski definition) is 20. The fourth-order valence-electron chi connectivity index (χ4n) is 12.6. The maximum absolute atomic E-state index is 15.0. The molecular weight excluding hydrogens is 1470 g/mol. The summed E-state index contributed by atoms with van der Waals surface area (Å²) in [5.41, 5.74) is 20.0. The number of carboxylic acids is 1. The van der Waals surface area contributed by atoms with Gasteiger partial charge >= 0.3 is 12.0 Å². The van der Waals surface area contributed by atoms with E-state index in [1.807, 2.05) is 37.3 Å². The van der Waals surface area contributed by atoms with Gasteiger partial charge < -0.3 is 107 Å². The van der Waals surface area contributed by atoms with Gasteiger partial charge in [-0.2, -0.15) is 0 Å². The number of aliphatic carboxylic acids is 1. The fourth-order valence-corrected chi connectivity index (χ4v) is 13.4. The first kappa shape index (κ1) is 87.6. The first-order valence-electron chi connectivity index (χ1n) is 37.1. The van der Waals surface area contributed by atoms with E-state index < -0.39 is 199 Å². The lowest BCUT2D eigenvalue weighted by atomic mass is 9.96. The topological polar surface area (TPSA) is 563 Å². The quantitative estimate of drug-likeness (QED) is 0.0350. The normalized spacial score (nSPS) is 23.1. The molecule has 35 nitrogen and oxygen atoms in total. The number of aromatic nitrogens is 2. The van der Waals surface area contributed by atoms with Gasteiger partial charge in [0, 0.05) is 65.8 Å². The average Bonchev–Trinajstić information content (AvgIpc) is 0.996. The molecular formula is C76H102N18O17S. The Morgan fingerprint density at radius 2 is 1.01 bits per heavy atom. The van der Waals surface area contributed by atoms with Gasteiger partial charge in [-0.1, -0.05) is 133 Å². The van der Waals surface area contributed by atoms with Crippen LogP contribution in [0.3, 0.4) is 0 Å². The lowest BCUT2D eigenvalue weighted by Gasteiger charge is -2.29. The third-order valence-corrected chi connectivity index (χ3v) is 20.1. The molecule has 604 valence electrons. The van der Waals surface area contributed by atoms with Crippen molar-refractivity contribution in [1.82, 2.24) is 79.1 Å². The highest BCUT2D eigenvalue weighted by atomic mass is 32.2. The number of unbranched alkanes of at least 4 members (excludes halogenated alkanes) is 2. The van der Waals surface area contributed by atoms with Crippen molar-refractivity contribution >= 4 is 133 Å². The monoisotopic (exact) mass is 1570 g/mol. The number of carboxylic acid groups (broad SMARTS) is 1. The summed E-state index contributed by atoms with van der Waals surface area (Å²) in [5, 5.41) is 56.4. The lowest BCUT2D eigenvalue weighted by Crippen LogP contribution is -2.61. The van der Waals surface area contributed by atoms with Crippen LogP contribution in [0.25, 0.3) is 32.6 Å². The predicted molar refractivity (Wildman–Crippen MR) is 416 cm³/mol. The van der Waals surface area contributed by atoms with Gasteiger partial charge in [0.05, 0.1) is 25.3 Å². The molecule has 1 fully saturated rings. The zero-order valence-electron chi connectivity index (χ0n) is 63.0. The molecule has 0 saturated carbocycles. The summed E-state index contributed by atoms with van der Waals surface area (Å²) < 4.78 is 0. The van der Waals surface area contributed by atoms with Gasteiger partial charge in [0.15, 0.2) is 0 Å².